The Morgan fingerprint density at radius 2 is 1.50 bits per heavy atom. The molecule has 0 fully saturated rings. The fraction of sp³-hybridized carbons (Fsp3) is 0. The fourth-order valence-corrected chi connectivity index (χ4v) is 0.838. The standard InChI is InChI=1S/C3H6N4S4.K/c4-1(8)7(2(5)9)6-3(10)11;/h(H2,4,8)(H2,5,9)(H2,6,10,11);/q;+1/p-1. The summed E-state index contributed by atoms with van der Waals surface area (Å²) in [6.07, 6.45) is 0. The Balaban J connectivity index is 0. The van der Waals surface area contributed by atoms with Crippen LogP contribution in [0.25, 0.3) is 0 Å². The van der Waals surface area contributed by atoms with Gasteiger partial charge in [0, 0.05) is 0 Å². The van der Waals surface area contributed by atoms with Gasteiger partial charge in [-0.05, 0) is 28.8 Å². The molecule has 12 heavy (non-hydrogen) atoms. The maximum absolute atomic E-state index is 5.21. The third-order valence-corrected chi connectivity index (χ3v) is 1.19. The summed E-state index contributed by atoms with van der Waals surface area (Å²) in [5.41, 5.74) is 12.8. The Morgan fingerprint density at radius 1 is 1.17 bits per heavy atom. The predicted molar refractivity (Wildman–Crippen MR) is 58.5 cm³/mol. The van der Waals surface area contributed by atoms with E-state index < -0.39 is 0 Å². The monoisotopic (exact) mass is 264 g/mol. The van der Waals surface area contributed by atoms with Gasteiger partial charge in [-0.1, -0.05) is 0 Å². The molecular formula is C3H5KN4S4. The molecule has 0 aliphatic heterocycles. The molecule has 0 atom stereocenters. The van der Waals surface area contributed by atoms with Crippen molar-refractivity contribution in [3.8, 4) is 0 Å². The van der Waals surface area contributed by atoms with Crippen LogP contribution < -0.4 is 68.3 Å². The van der Waals surface area contributed by atoms with Crippen molar-refractivity contribution in [2.75, 3.05) is 0 Å². The van der Waals surface area contributed by atoms with E-state index in [2.05, 4.69) is 54.7 Å². The normalized spacial score (nSPS) is 7.67. The third-order valence-electron chi connectivity index (χ3n) is 0.644. The number of nitrogens with two attached hydrogens (primary N) is 2. The molecule has 0 bridgehead atoms. The zero-order valence-electron chi connectivity index (χ0n) is 6.23. The summed E-state index contributed by atoms with van der Waals surface area (Å²) in [5.74, 6) is 0. The summed E-state index contributed by atoms with van der Waals surface area (Å²) in [6.45, 7) is 0. The summed E-state index contributed by atoms with van der Waals surface area (Å²) in [4.78, 5) is 0. The molecule has 9 heteroatoms. The van der Waals surface area contributed by atoms with Crippen LogP contribution in [0.3, 0.4) is 0 Å². The third kappa shape index (κ3) is 6.80. The molecule has 0 unspecified atom stereocenters. The predicted octanol–water partition coefficient (Wildman–Crippen LogP) is -3.88. The van der Waals surface area contributed by atoms with Gasteiger partial charge in [0.1, 0.15) is 0 Å². The van der Waals surface area contributed by atoms with Crippen LogP contribution in [-0.4, -0.2) is 19.6 Å². The summed E-state index contributed by atoms with van der Waals surface area (Å²) in [7, 11) is 0. The van der Waals surface area contributed by atoms with Crippen LogP contribution in [0.1, 0.15) is 0 Å². The van der Waals surface area contributed by atoms with Crippen molar-refractivity contribution in [2.24, 2.45) is 11.5 Å². The SMILES string of the molecule is NC(=S)N(NC(=S)[S-])C(N)=S.[K+]. The summed E-state index contributed by atoms with van der Waals surface area (Å²) >= 11 is 18.2. The van der Waals surface area contributed by atoms with Crippen LogP contribution in [0.4, 0.5) is 0 Å². The largest absolute Gasteiger partial charge is 1.00 e. The fourth-order valence-electron chi connectivity index (χ4n) is 0.310. The zero-order valence-corrected chi connectivity index (χ0v) is 12.6. The number of thiocarbonyl (C=S) groups is 3. The first-order valence-corrected chi connectivity index (χ1v) is 3.95. The molecule has 0 saturated heterocycles. The Bertz CT molecular complexity index is 192. The minimum absolute atomic E-state index is 0. The molecule has 62 valence electrons. The Hall–Kier alpha value is 1.33. The van der Waals surface area contributed by atoms with Crippen LogP contribution in [0.5, 0.6) is 0 Å². The molecule has 0 rings (SSSR count). The number of hydrogen-bond acceptors (Lipinski definition) is 4. The first-order valence-electron chi connectivity index (χ1n) is 2.31. The Morgan fingerprint density at radius 3 is 1.58 bits per heavy atom. The van der Waals surface area contributed by atoms with Crippen LogP contribution in [0, 0.1) is 0 Å². The number of nitrogens with one attached hydrogen (secondary N) is 1. The molecule has 0 aliphatic carbocycles. The molecule has 0 aliphatic rings. The molecule has 0 heterocycles. The molecular weight excluding hydrogens is 259 g/mol. The van der Waals surface area contributed by atoms with Crippen LogP contribution in [0.15, 0.2) is 0 Å². The van der Waals surface area contributed by atoms with Gasteiger partial charge in [0.25, 0.3) is 0 Å². The number of rotatable bonds is 0. The van der Waals surface area contributed by atoms with Gasteiger partial charge >= 0.3 is 51.4 Å². The molecule has 0 aromatic heterocycles. The second kappa shape index (κ2) is 7.70. The van der Waals surface area contributed by atoms with Crippen molar-refractivity contribution in [3.63, 3.8) is 0 Å². The molecule has 4 nitrogen and oxygen atoms in total. The van der Waals surface area contributed by atoms with E-state index in [9.17, 15) is 0 Å². The van der Waals surface area contributed by atoms with E-state index in [4.69, 9.17) is 11.5 Å². The molecule has 0 saturated carbocycles. The van der Waals surface area contributed by atoms with Gasteiger partial charge in [-0.25, -0.2) is 5.01 Å². The molecule has 0 spiro atoms. The smallest absolute Gasteiger partial charge is 0.410 e. The van der Waals surface area contributed by atoms with Gasteiger partial charge in [0.2, 0.25) is 0 Å². The Labute approximate surface area is 135 Å². The quantitative estimate of drug-likeness (QED) is 0.178. The van der Waals surface area contributed by atoms with Crippen LogP contribution in [-0.2, 0) is 12.6 Å². The molecule has 0 amide bonds. The summed E-state index contributed by atoms with van der Waals surface area (Å²) in [5, 5.41) is 1.01. The van der Waals surface area contributed by atoms with Crippen molar-refractivity contribution in [3.05, 3.63) is 0 Å². The average Bonchev–Trinajstić information content (AvgIpc) is 1.81. The molecule has 0 radical (unpaired) electrons. The minimum Gasteiger partial charge on any atom is -0.410 e. The average molecular weight is 264 g/mol. The number of hydrazine groups is 1. The second-order valence-electron chi connectivity index (χ2n) is 1.41. The Kier molecular flexibility index (Phi) is 10.1. The van der Waals surface area contributed by atoms with Crippen molar-refractivity contribution >= 4 is 63.8 Å². The minimum atomic E-state index is -0.0234. The van der Waals surface area contributed by atoms with E-state index in [1.54, 1.807) is 0 Å². The van der Waals surface area contributed by atoms with Crippen molar-refractivity contribution in [1.29, 1.82) is 0 Å². The van der Waals surface area contributed by atoms with Crippen molar-refractivity contribution in [1.82, 2.24) is 10.4 Å². The van der Waals surface area contributed by atoms with E-state index in [0.717, 1.165) is 5.01 Å². The second-order valence-corrected chi connectivity index (χ2v) is 3.32. The van der Waals surface area contributed by atoms with E-state index >= 15 is 0 Å². The van der Waals surface area contributed by atoms with Gasteiger partial charge in [-0.2, -0.15) is 0 Å². The maximum atomic E-state index is 5.21. The first kappa shape index (κ1) is 15.8. The van der Waals surface area contributed by atoms with Gasteiger partial charge in [0.15, 0.2) is 10.2 Å². The molecule has 0 aromatic carbocycles. The number of hydrogen-bond donors (Lipinski definition) is 3. The molecule has 0 aromatic rings. The van der Waals surface area contributed by atoms with Crippen LogP contribution in [0.2, 0.25) is 0 Å². The van der Waals surface area contributed by atoms with E-state index in [1.807, 2.05) is 0 Å². The maximum Gasteiger partial charge on any atom is 1.00 e. The zero-order chi connectivity index (χ0) is 9.02. The van der Waals surface area contributed by atoms with E-state index in [1.165, 1.54) is 0 Å². The first-order chi connectivity index (χ1) is 4.95. The molecule has 5 N–H and O–H groups in total. The van der Waals surface area contributed by atoms with E-state index in [-0.39, 0.29) is 65.9 Å². The van der Waals surface area contributed by atoms with Crippen LogP contribution >= 0.6 is 36.7 Å². The van der Waals surface area contributed by atoms with Gasteiger partial charge in [0.05, 0.1) is 0 Å². The van der Waals surface area contributed by atoms with Gasteiger partial charge in [-0.15, -0.1) is 0 Å². The topological polar surface area (TPSA) is 67.3 Å². The van der Waals surface area contributed by atoms with Gasteiger partial charge < -0.3 is 41.7 Å². The van der Waals surface area contributed by atoms with Gasteiger partial charge in [-0.3, -0.25) is 0 Å². The summed E-state index contributed by atoms with van der Waals surface area (Å²) in [6, 6.07) is 0. The van der Waals surface area contributed by atoms with Crippen molar-refractivity contribution < 1.29 is 51.4 Å². The van der Waals surface area contributed by atoms with E-state index in [0.29, 0.717) is 0 Å². The number of nitrogens with zero attached hydrogens (tertiary/aromatic N) is 1. The summed E-state index contributed by atoms with van der Waals surface area (Å²) < 4.78 is 0.0746. The van der Waals surface area contributed by atoms with Crippen molar-refractivity contribution in [2.45, 2.75) is 0 Å².